The highest BCUT2D eigenvalue weighted by Crippen LogP contribution is 2.30. The van der Waals surface area contributed by atoms with Crippen LogP contribution in [-0.2, 0) is 23.7 Å². The van der Waals surface area contributed by atoms with E-state index < -0.39 is 86.8 Å². The molecule has 0 aromatic rings. The van der Waals surface area contributed by atoms with Gasteiger partial charge in [0.2, 0.25) is 5.91 Å². The molecule has 0 radical (unpaired) electrons. The molecule has 2 heterocycles. The average molecular weight is 1210 g/mol. The van der Waals surface area contributed by atoms with Crippen molar-refractivity contribution >= 4 is 5.91 Å². The zero-order chi connectivity index (χ0) is 61.6. The second-order valence-corrected chi connectivity index (χ2v) is 26.1. The Morgan fingerprint density at radius 2 is 0.729 bits per heavy atom. The Balaban J connectivity index is 1.67. The van der Waals surface area contributed by atoms with Gasteiger partial charge in [-0.15, -0.1) is 0 Å². The Labute approximate surface area is 520 Å². The molecule has 0 aromatic heterocycles. The predicted molar refractivity (Wildman–Crippen MR) is 346 cm³/mol. The van der Waals surface area contributed by atoms with Crippen LogP contribution in [0.4, 0.5) is 0 Å². The average Bonchev–Trinajstić information content (AvgIpc) is 3.29. The lowest BCUT2D eigenvalue weighted by Gasteiger charge is -2.46. The number of aliphatic hydroxyl groups is 8. The molecule has 504 valence electrons. The van der Waals surface area contributed by atoms with Crippen LogP contribution in [0.5, 0.6) is 0 Å². The van der Waals surface area contributed by atoms with E-state index in [0.717, 1.165) is 44.9 Å². The maximum Gasteiger partial charge on any atom is 0.220 e. The molecule has 1 amide bonds. The summed E-state index contributed by atoms with van der Waals surface area (Å²) in [5.74, 6) is -0.230. The summed E-state index contributed by atoms with van der Waals surface area (Å²) < 4.78 is 22.9. The van der Waals surface area contributed by atoms with Crippen LogP contribution in [0, 0.1) is 0 Å². The fourth-order valence-corrected chi connectivity index (χ4v) is 12.4. The second-order valence-electron chi connectivity index (χ2n) is 26.1. The summed E-state index contributed by atoms with van der Waals surface area (Å²) in [6.45, 7) is 2.87. The molecule has 0 aromatic carbocycles. The first-order valence-electron chi connectivity index (χ1n) is 36.4. The van der Waals surface area contributed by atoms with E-state index in [1.165, 1.54) is 276 Å². The third-order valence-electron chi connectivity index (χ3n) is 18.2. The Bertz CT molecular complexity index is 1470. The van der Waals surface area contributed by atoms with E-state index in [-0.39, 0.29) is 18.9 Å². The molecule has 12 unspecified atom stereocenters. The van der Waals surface area contributed by atoms with Crippen molar-refractivity contribution in [2.45, 2.75) is 415 Å². The fourth-order valence-electron chi connectivity index (χ4n) is 12.4. The van der Waals surface area contributed by atoms with Crippen LogP contribution in [0.1, 0.15) is 341 Å². The van der Waals surface area contributed by atoms with Crippen molar-refractivity contribution in [3.63, 3.8) is 0 Å². The van der Waals surface area contributed by atoms with Gasteiger partial charge in [-0.05, 0) is 19.3 Å². The van der Waals surface area contributed by atoms with E-state index in [1.54, 1.807) is 6.08 Å². The van der Waals surface area contributed by atoms with Gasteiger partial charge >= 0.3 is 0 Å². The summed E-state index contributed by atoms with van der Waals surface area (Å²) in [5.41, 5.74) is 0. The zero-order valence-electron chi connectivity index (χ0n) is 54.9. The first-order chi connectivity index (χ1) is 41.6. The van der Waals surface area contributed by atoms with E-state index in [9.17, 15) is 45.6 Å². The molecule has 9 N–H and O–H groups in total. The molecule has 2 aliphatic rings. The maximum absolute atomic E-state index is 13.3. The Morgan fingerprint density at radius 1 is 0.412 bits per heavy atom. The zero-order valence-corrected chi connectivity index (χ0v) is 54.9. The van der Waals surface area contributed by atoms with Crippen molar-refractivity contribution in [1.29, 1.82) is 0 Å². The van der Waals surface area contributed by atoms with Crippen LogP contribution in [0.25, 0.3) is 0 Å². The van der Waals surface area contributed by atoms with E-state index in [0.29, 0.717) is 0 Å². The van der Waals surface area contributed by atoms with Crippen LogP contribution < -0.4 is 5.32 Å². The number of hydrogen-bond donors (Lipinski definition) is 9. The molecular formula is C71H137NO13. The number of hydrogen-bond acceptors (Lipinski definition) is 13. The maximum atomic E-state index is 13.3. The number of carbonyl (C=O) groups is 1. The van der Waals surface area contributed by atoms with Gasteiger partial charge in [-0.1, -0.05) is 328 Å². The molecule has 0 aliphatic carbocycles. The first kappa shape index (κ1) is 79.8. The highest BCUT2D eigenvalue weighted by atomic mass is 16.7. The molecule has 12 atom stereocenters. The number of rotatable bonds is 61. The van der Waals surface area contributed by atoms with E-state index in [4.69, 9.17) is 18.9 Å². The van der Waals surface area contributed by atoms with Crippen LogP contribution in [0.3, 0.4) is 0 Å². The van der Waals surface area contributed by atoms with E-state index in [2.05, 4.69) is 19.2 Å². The molecule has 2 rings (SSSR count). The normalized spacial score (nSPS) is 23.5. The van der Waals surface area contributed by atoms with Crippen LogP contribution in [0.2, 0.25) is 0 Å². The molecule has 14 nitrogen and oxygen atoms in total. The number of unbranched alkanes of at least 4 members (excludes halogenated alkanes) is 48. The van der Waals surface area contributed by atoms with Gasteiger partial charge < -0.3 is 65.1 Å². The quantitative estimate of drug-likeness (QED) is 0.0204. The van der Waals surface area contributed by atoms with E-state index in [1.807, 2.05) is 6.08 Å². The summed E-state index contributed by atoms with van der Waals surface area (Å²) >= 11 is 0. The van der Waals surface area contributed by atoms with Crippen molar-refractivity contribution < 1.29 is 64.6 Å². The van der Waals surface area contributed by atoms with Gasteiger partial charge in [0.05, 0.1) is 32.0 Å². The van der Waals surface area contributed by atoms with Gasteiger partial charge in [-0.25, -0.2) is 0 Å². The number of aliphatic hydroxyl groups excluding tert-OH is 8. The van der Waals surface area contributed by atoms with Crippen LogP contribution in [0.15, 0.2) is 12.2 Å². The lowest BCUT2D eigenvalue weighted by atomic mass is 9.97. The SMILES string of the molecule is CCCCCCCCCCCCCCCCCCCCCCCCCCCC/C=C/C(O)C(COC1OC(CO)C(OC2OC(CO)C(O)C(O)C2O)C(O)C1O)NC(=O)CCCCCCCCCCCCCCCCCCCCCCCCC. The largest absolute Gasteiger partial charge is 0.394 e. The fraction of sp³-hybridized carbons (Fsp3) is 0.958. The molecule has 0 saturated carbocycles. The molecule has 14 heteroatoms. The Hall–Kier alpha value is -1.27. The standard InChI is InChI=1S/C71H137NO13/c1-3-5-7-9-11-13-15-17-19-21-23-25-27-28-29-30-31-33-34-36-38-40-42-44-46-48-50-52-54-60(75)59(58-82-70-68(81)66(79)69(62(57-74)84-70)85-71-67(80)65(78)64(77)61(56-73)83-71)72-63(76)55-53-51-49-47-45-43-41-39-37-35-32-26-24-22-20-18-16-14-12-10-8-6-4-2/h52,54,59-62,64-71,73-75,77-81H,3-51,53,55-58H2,1-2H3,(H,72,76)/b54-52+. The topological polar surface area (TPSA) is 228 Å². The lowest BCUT2D eigenvalue weighted by molar-refractivity contribution is -0.359. The number of carbonyl (C=O) groups excluding carboxylic acids is 1. The molecule has 2 aliphatic heterocycles. The first-order valence-corrected chi connectivity index (χ1v) is 36.4. The molecule has 85 heavy (non-hydrogen) atoms. The summed E-state index contributed by atoms with van der Waals surface area (Å²) in [6.07, 6.45) is 52.7. The Morgan fingerprint density at radius 3 is 1.08 bits per heavy atom. The molecule has 2 fully saturated rings. The highest BCUT2D eigenvalue weighted by Gasteiger charge is 2.51. The minimum Gasteiger partial charge on any atom is -0.394 e. The van der Waals surface area contributed by atoms with Crippen LogP contribution in [-0.4, -0.2) is 140 Å². The third kappa shape index (κ3) is 41.0. The number of nitrogens with one attached hydrogen (secondary N) is 1. The summed E-state index contributed by atoms with van der Waals surface area (Å²) in [4.78, 5) is 13.3. The molecular weight excluding hydrogens is 1070 g/mol. The van der Waals surface area contributed by atoms with Crippen molar-refractivity contribution in [2.75, 3.05) is 19.8 Å². The van der Waals surface area contributed by atoms with Crippen molar-refractivity contribution in [2.24, 2.45) is 0 Å². The van der Waals surface area contributed by atoms with Gasteiger partial charge in [0.1, 0.15) is 48.8 Å². The number of ether oxygens (including phenoxy) is 4. The number of allylic oxidation sites excluding steroid dienone is 1. The Kier molecular flexibility index (Phi) is 53.2. The number of amides is 1. The molecule has 0 bridgehead atoms. The summed E-state index contributed by atoms with van der Waals surface area (Å²) in [5, 5.41) is 87.5. The minimum atomic E-state index is -1.79. The van der Waals surface area contributed by atoms with Gasteiger partial charge in [0.25, 0.3) is 0 Å². The second kappa shape index (κ2) is 56.7. The van der Waals surface area contributed by atoms with Crippen molar-refractivity contribution in [1.82, 2.24) is 5.32 Å². The van der Waals surface area contributed by atoms with Gasteiger partial charge in [0, 0.05) is 6.42 Å². The minimum absolute atomic E-state index is 0.230. The summed E-state index contributed by atoms with van der Waals surface area (Å²) in [7, 11) is 0. The monoisotopic (exact) mass is 1210 g/mol. The van der Waals surface area contributed by atoms with Crippen molar-refractivity contribution in [3.8, 4) is 0 Å². The van der Waals surface area contributed by atoms with Gasteiger partial charge in [-0.2, -0.15) is 0 Å². The molecule has 0 spiro atoms. The third-order valence-corrected chi connectivity index (χ3v) is 18.2. The summed E-state index contributed by atoms with van der Waals surface area (Å²) in [6, 6.07) is -0.911. The van der Waals surface area contributed by atoms with E-state index >= 15 is 0 Å². The van der Waals surface area contributed by atoms with Crippen molar-refractivity contribution in [3.05, 3.63) is 12.2 Å². The predicted octanol–water partition coefficient (Wildman–Crippen LogP) is 15.0. The van der Waals surface area contributed by atoms with Crippen LogP contribution >= 0.6 is 0 Å². The highest BCUT2D eigenvalue weighted by molar-refractivity contribution is 5.76. The smallest absolute Gasteiger partial charge is 0.220 e. The lowest BCUT2D eigenvalue weighted by Crippen LogP contribution is -2.65. The van der Waals surface area contributed by atoms with Gasteiger partial charge in [0.15, 0.2) is 12.6 Å². The van der Waals surface area contributed by atoms with Gasteiger partial charge in [-0.3, -0.25) is 4.79 Å². The molecule has 2 saturated heterocycles.